The lowest BCUT2D eigenvalue weighted by Gasteiger charge is -2.23. The Hall–Kier alpha value is -3.85. The number of nitro groups is 1. The lowest BCUT2D eigenvalue weighted by Crippen LogP contribution is -2.36. The number of benzene rings is 3. The number of anilines is 2. The van der Waals surface area contributed by atoms with E-state index in [1.54, 1.807) is 40.9 Å². The second-order valence-corrected chi connectivity index (χ2v) is 10.2. The molecule has 0 saturated carbocycles. The SMILES string of the molecule is CCCCCCCN(C(=O)Nc1ccccc1[N+](=O)[O-])c1ccc(Sc2ccc(OC(=O)CCC)cc2)cc1. The summed E-state index contributed by atoms with van der Waals surface area (Å²) < 4.78 is 5.31. The van der Waals surface area contributed by atoms with Crippen LogP contribution in [0, 0.1) is 10.1 Å². The zero-order chi connectivity index (χ0) is 28.0. The van der Waals surface area contributed by atoms with E-state index in [1.807, 2.05) is 43.3 Å². The van der Waals surface area contributed by atoms with Crippen LogP contribution in [0.2, 0.25) is 0 Å². The zero-order valence-electron chi connectivity index (χ0n) is 22.4. The van der Waals surface area contributed by atoms with Gasteiger partial charge in [-0.05, 0) is 67.4 Å². The standard InChI is InChI=1S/C30H35N3O5S/c1-3-5-6-7-10-22-32(30(35)31-27-12-8-9-13-28(27)33(36)37)23-14-18-25(19-15-23)39-26-20-16-24(17-21-26)38-29(34)11-4-2/h8-9,12-21H,3-7,10-11,22H2,1-2H3,(H,31,35). The van der Waals surface area contributed by atoms with Gasteiger partial charge in [0.15, 0.2) is 0 Å². The van der Waals surface area contributed by atoms with Gasteiger partial charge in [0.25, 0.3) is 5.69 Å². The number of hydrogen-bond donors (Lipinski definition) is 1. The molecule has 3 rings (SSSR count). The molecule has 0 aliphatic rings. The highest BCUT2D eigenvalue weighted by molar-refractivity contribution is 7.99. The number of urea groups is 1. The second kappa shape index (κ2) is 15.5. The molecule has 0 radical (unpaired) electrons. The van der Waals surface area contributed by atoms with Crippen LogP contribution in [0.4, 0.5) is 21.9 Å². The number of rotatable bonds is 14. The zero-order valence-corrected chi connectivity index (χ0v) is 23.2. The van der Waals surface area contributed by atoms with Crippen LogP contribution in [0.25, 0.3) is 0 Å². The van der Waals surface area contributed by atoms with Crippen LogP contribution in [0.15, 0.2) is 82.6 Å². The van der Waals surface area contributed by atoms with E-state index in [0.717, 1.165) is 48.3 Å². The molecule has 0 atom stereocenters. The smallest absolute Gasteiger partial charge is 0.326 e. The van der Waals surface area contributed by atoms with Crippen molar-refractivity contribution in [2.24, 2.45) is 0 Å². The molecule has 0 heterocycles. The van der Waals surface area contributed by atoms with Crippen molar-refractivity contribution in [1.82, 2.24) is 0 Å². The summed E-state index contributed by atoms with van der Waals surface area (Å²) >= 11 is 1.55. The number of esters is 1. The first-order valence-corrected chi connectivity index (χ1v) is 14.1. The molecule has 0 aliphatic heterocycles. The molecule has 3 aromatic carbocycles. The minimum atomic E-state index is -0.502. The highest BCUT2D eigenvalue weighted by Crippen LogP contribution is 2.31. The molecule has 0 aromatic heterocycles. The highest BCUT2D eigenvalue weighted by atomic mass is 32.2. The fourth-order valence-electron chi connectivity index (χ4n) is 3.94. The molecule has 0 aliphatic carbocycles. The van der Waals surface area contributed by atoms with Gasteiger partial charge in [-0.25, -0.2) is 4.79 Å². The van der Waals surface area contributed by atoms with Crippen molar-refractivity contribution in [3.8, 4) is 5.75 Å². The Bertz CT molecular complexity index is 1230. The first-order valence-electron chi connectivity index (χ1n) is 13.3. The van der Waals surface area contributed by atoms with Gasteiger partial charge in [-0.3, -0.25) is 19.8 Å². The van der Waals surface area contributed by atoms with E-state index in [0.29, 0.717) is 24.4 Å². The number of amides is 2. The van der Waals surface area contributed by atoms with Gasteiger partial charge in [0.1, 0.15) is 11.4 Å². The third-order valence-electron chi connectivity index (χ3n) is 5.97. The van der Waals surface area contributed by atoms with Crippen molar-refractivity contribution in [2.45, 2.75) is 68.6 Å². The normalized spacial score (nSPS) is 10.6. The van der Waals surface area contributed by atoms with Gasteiger partial charge in [0.05, 0.1) is 4.92 Å². The van der Waals surface area contributed by atoms with Gasteiger partial charge in [0, 0.05) is 34.5 Å². The fourth-order valence-corrected chi connectivity index (χ4v) is 4.75. The average molecular weight is 550 g/mol. The molecule has 0 saturated heterocycles. The van der Waals surface area contributed by atoms with Crippen LogP contribution in [0.1, 0.15) is 58.8 Å². The van der Waals surface area contributed by atoms with Crippen LogP contribution in [-0.2, 0) is 4.79 Å². The third-order valence-corrected chi connectivity index (χ3v) is 6.98. The molecule has 8 nitrogen and oxygen atoms in total. The lowest BCUT2D eigenvalue weighted by molar-refractivity contribution is -0.383. The van der Waals surface area contributed by atoms with E-state index >= 15 is 0 Å². The van der Waals surface area contributed by atoms with Crippen LogP contribution in [0.3, 0.4) is 0 Å². The fraction of sp³-hybridized carbons (Fsp3) is 0.333. The summed E-state index contributed by atoms with van der Waals surface area (Å²) in [5, 5.41) is 14.1. The number of nitrogens with zero attached hydrogens (tertiary/aromatic N) is 2. The molecule has 0 unspecified atom stereocenters. The number of nitro benzene ring substituents is 1. The number of ether oxygens (including phenoxy) is 1. The summed E-state index contributed by atoms with van der Waals surface area (Å²) in [7, 11) is 0. The topological polar surface area (TPSA) is 102 Å². The Kier molecular flexibility index (Phi) is 11.8. The Morgan fingerprint density at radius 1 is 0.872 bits per heavy atom. The third kappa shape index (κ3) is 9.44. The Morgan fingerprint density at radius 3 is 2.15 bits per heavy atom. The molecular weight excluding hydrogens is 514 g/mol. The summed E-state index contributed by atoms with van der Waals surface area (Å²) in [4.78, 5) is 39.5. The van der Waals surface area contributed by atoms with Crippen molar-refractivity contribution < 1.29 is 19.2 Å². The van der Waals surface area contributed by atoms with Gasteiger partial charge >= 0.3 is 12.0 Å². The predicted molar refractivity (Wildman–Crippen MR) is 156 cm³/mol. The van der Waals surface area contributed by atoms with Crippen LogP contribution >= 0.6 is 11.8 Å². The van der Waals surface area contributed by atoms with Crippen molar-refractivity contribution in [3.63, 3.8) is 0 Å². The predicted octanol–water partition coefficient (Wildman–Crippen LogP) is 8.46. The minimum absolute atomic E-state index is 0.147. The maximum absolute atomic E-state index is 13.3. The van der Waals surface area contributed by atoms with Crippen molar-refractivity contribution in [2.75, 3.05) is 16.8 Å². The van der Waals surface area contributed by atoms with E-state index in [9.17, 15) is 19.7 Å². The van der Waals surface area contributed by atoms with Gasteiger partial charge in [-0.15, -0.1) is 0 Å². The first kappa shape index (κ1) is 29.7. The van der Waals surface area contributed by atoms with Gasteiger partial charge in [-0.1, -0.05) is 63.4 Å². The molecular formula is C30H35N3O5S. The van der Waals surface area contributed by atoms with E-state index in [-0.39, 0.29) is 17.3 Å². The maximum Gasteiger partial charge on any atom is 0.326 e. The summed E-state index contributed by atoms with van der Waals surface area (Å²) in [6.45, 7) is 4.59. The Balaban J connectivity index is 1.70. The Labute approximate surface area is 233 Å². The largest absolute Gasteiger partial charge is 0.427 e. The van der Waals surface area contributed by atoms with E-state index in [1.165, 1.54) is 12.1 Å². The molecule has 2 amide bonds. The number of para-hydroxylation sites is 2. The number of unbranched alkanes of at least 4 members (excludes halogenated alkanes) is 4. The van der Waals surface area contributed by atoms with E-state index in [4.69, 9.17) is 4.74 Å². The second-order valence-electron chi connectivity index (χ2n) is 9.06. The van der Waals surface area contributed by atoms with Crippen LogP contribution in [-0.4, -0.2) is 23.5 Å². The summed E-state index contributed by atoms with van der Waals surface area (Å²) in [5.41, 5.74) is 0.732. The number of carbonyl (C=O) groups excluding carboxylic acids is 2. The number of carbonyl (C=O) groups is 2. The summed E-state index contributed by atoms with van der Waals surface area (Å²) in [6.07, 6.45) is 6.34. The highest BCUT2D eigenvalue weighted by Gasteiger charge is 2.20. The Morgan fingerprint density at radius 2 is 1.51 bits per heavy atom. The van der Waals surface area contributed by atoms with Crippen molar-refractivity contribution in [3.05, 3.63) is 82.9 Å². The number of nitrogens with one attached hydrogen (secondary N) is 1. The summed E-state index contributed by atoms with van der Waals surface area (Å²) in [5.74, 6) is 0.279. The van der Waals surface area contributed by atoms with Crippen molar-refractivity contribution >= 4 is 40.8 Å². The number of hydrogen-bond acceptors (Lipinski definition) is 6. The monoisotopic (exact) mass is 549 g/mol. The molecule has 1 N–H and O–H groups in total. The average Bonchev–Trinajstić information content (AvgIpc) is 2.93. The maximum atomic E-state index is 13.3. The quantitative estimate of drug-likeness (QED) is 0.0711. The molecule has 206 valence electrons. The van der Waals surface area contributed by atoms with Gasteiger partial charge < -0.3 is 10.1 Å². The minimum Gasteiger partial charge on any atom is -0.427 e. The first-order chi connectivity index (χ1) is 18.9. The van der Waals surface area contributed by atoms with Crippen LogP contribution < -0.4 is 15.0 Å². The lowest BCUT2D eigenvalue weighted by atomic mass is 10.1. The molecule has 3 aromatic rings. The summed E-state index contributed by atoms with van der Waals surface area (Å²) in [6, 6.07) is 20.7. The van der Waals surface area contributed by atoms with E-state index in [2.05, 4.69) is 12.2 Å². The molecule has 9 heteroatoms. The van der Waals surface area contributed by atoms with Gasteiger partial charge in [-0.2, -0.15) is 0 Å². The van der Waals surface area contributed by atoms with Crippen LogP contribution in [0.5, 0.6) is 5.75 Å². The van der Waals surface area contributed by atoms with E-state index < -0.39 is 11.0 Å². The van der Waals surface area contributed by atoms with Crippen molar-refractivity contribution in [1.29, 1.82) is 0 Å². The molecule has 0 fully saturated rings. The molecule has 0 bridgehead atoms. The molecule has 39 heavy (non-hydrogen) atoms. The van der Waals surface area contributed by atoms with Gasteiger partial charge in [0.2, 0.25) is 0 Å². The molecule has 0 spiro atoms.